The van der Waals surface area contributed by atoms with Crippen LogP contribution in [0.3, 0.4) is 0 Å². The zero-order chi connectivity index (χ0) is 25.2. The molecular formula is C36H21BN2. The summed E-state index contributed by atoms with van der Waals surface area (Å²) in [4.78, 5) is 2.50. The van der Waals surface area contributed by atoms with E-state index in [1.54, 1.807) is 0 Å². The number of rotatable bonds is 2. The van der Waals surface area contributed by atoms with Crippen molar-refractivity contribution in [2.24, 2.45) is 0 Å². The normalized spacial score (nSPS) is 13.5. The van der Waals surface area contributed by atoms with Crippen LogP contribution in [0.2, 0.25) is 0 Å². The first-order valence-electron chi connectivity index (χ1n) is 13.7. The van der Waals surface area contributed by atoms with Crippen LogP contribution in [0, 0.1) is 0 Å². The van der Waals surface area contributed by atoms with Crippen molar-refractivity contribution in [3.8, 4) is 33.4 Å². The summed E-state index contributed by atoms with van der Waals surface area (Å²) in [5.41, 5.74) is 17.1. The first-order valence-corrected chi connectivity index (χ1v) is 13.7. The molecule has 7 aromatic rings. The van der Waals surface area contributed by atoms with Crippen LogP contribution in [0.5, 0.6) is 0 Å². The fourth-order valence-electron chi connectivity index (χ4n) is 7.65. The van der Waals surface area contributed by atoms with Gasteiger partial charge in [-0.1, -0.05) is 103 Å². The van der Waals surface area contributed by atoms with Crippen LogP contribution in [0.4, 0.5) is 17.1 Å². The molecule has 4 heterocycles. The molecular weight excluding hydrogens is 471 g/mol. The molecule has 3 aliphatic heterocycles. The molecule has 1 aromatic heterocycles. The number of fused-ring (bicyclic) bond motifs is 3. The van der Waals surface area contributed by atoms with Crippen molar-refractivity contribution in [3.05, 3.63) is 127 Å². The van der Waals surface area contributed by atoms with Crippen molar-refractivity contribution < 1.29 is 0 Å². The van der Waals surface area contributed by atoms with Gasteiger partial charge in [-0.3, -0.25) is 0 Å². The minimum Gasteiger partial charge on any atom is -0.375 e. The summed E-state index contributed by atoms with van der Waals surface area (Å²) < 4.78 is 2.66. The number of anilines is 3. The van der Waals surface area contributed by atoms with Gasteiger partial charge < -0.3 is 9.38 Å². The van der Waals surface area contributed by atoms with Crippen molar-refractivity contribution in [3.63, 3.8) is 0 Å². The van der Waals surface area contributed by atoms with Crippen molar-refractivity contribution in [2.45, 2.75) is 0 Å². The number of nitrogens with zero attached hydrogens (tertiary/aromatic N) is 2. The van der Waals surface area contributed by atoms with E-state index in [9.17, 15) is 0 Å². The van der Waals surface area contributed by atoms with Gasteiger partial charge in [-0.15, -0.1) is 0 Å². The Morgan fingerprint density at radius 2 is 0.974 bits per heavy atom. The first-order chi connectivity index (χ1) is 19.4. The van der Waals surface area contributed by atoms with Gasteiger partial charge in [0.2, 0.25) is 0 Å². The Kier molecular flexibility index (Phi) is 3.54. The molecule has 10 rings (SSSR count). The topological polar surface area (TPSA) is 8.17 Å². The summed E-state index contributed by atoms with van der Waals surface area (Å²) >= 11 is 0. The molecule has 0 saturated carbocycles. The second kappa shape index (κ2) is 6.89. The Balaban J connectivity index is 1.36. The highest BCUT2D eigenvalue weighted by Crippen LogP contribution is 2.49. The van der Waals surface area contributed by atoms with E-state index in [1.165, 1.54) is 83.2 Å². The van der Waals surface area contributed by atoms with E-state index >= 15 is 0 Å². The number of para-hydroxylation sites is 2. The molecule has 0 N–H and O–H groups in total. The van der Waals surface area contributed by atoms with Crippen LogP contribution < -0.4 is 15.8 Å². The highest BCUT2D eigenvalue weighted by atomic mass is 15.2. The highest BCUT2D eigenvalue weighted by molar-refractivity contribution is 6.91. The zero-order valence-corrected chi connectivity index (χ0v) is 21.1. The maximum atomic E-state index is 2.66. The van der Waals surface area contributed by atoms with Gasteiger partial charge in [0, 0.05) is 50.0 Å². The molecule has 0 unspecified atom stereocenters. The monoisotopic (exact) mass is 492 g/mol. The van der Waals surface area contributed by atoms with Crippen LogP contribution in [0.1, 0.15) is 0 Å². The standard InChI is InChI=1S/C36H21BN2/c1-2-9-22(10-3-1)23-11-4-12-24(21-23)38-31-19-7-13-25-27-15-5-17-29-30-18-6-16-28-26-14-8-20-32(38)34(26)37(33(25)31)39(35(27)29)36(28)30/h1-21H. The lowest BCUT2D eigenvalue weighted by Gasteiger charge is -2.43. The molecule has 3 heteroatoms. The van der Waals surface area contributed by atoms with Crippen LogP contribution in [-0.2, 0) is 0 Å². The molecule has 39 heavy (non-hydrogen) atoms. The first kappa shape index (κ1) is 20.0. The quantitative estimate of drug-likeness (QED) is 0.223. The second-order valence-electron chi connectivity index (χ2n) is 10.9. The Morgan fingerprint density at radius 1 is 0.436 bits per heavy atom. The van der Waals surface area contributed by atoms with Gasteiger partial charge in [-0.25, -0.2) is 0 Å². The van der Waals surface area contributed by atoms with Crippen LogP contribution in [-0.4, -0.2) is 11.3 Å². The lowest BCUT2D eigenvalue weighted by atomic mass is 9.43. The average Bonchev–Trinajstić information content (AvgIpc) is 3.35. The maximum Gasteiger partial charge on any atom is 0.333 e. The van der Waals surface area contributed by atoms with E-state index in [4.69, 9.17) is 0 Å². The summed E-state index contributed by atoms with van der Waals surface area (Å²) in [6.07, 6.45) is 0. The lowest BCUT2D eigenvalue weighted by Crippen LogP contribution is -2.58. The van der Waals surface area contributed by atoms with E-state index in [0.29, 0.717) is 0 Å². The molecule has 178 valence electrons. The number of aromatic nitrogens is 1. The van der Waals surface area contributed by atoms with Gasteiger partial charge in [-0.2, -0.15) is 0 Å². The summed E-state index contributed by atoms with van der Waals surface area (Å²) in [6, 6.07) is 47.1. The molecule has 0 fully saturated rings. The molecule has 2 nitrogen and oxygen atoms in total. The Bertz CT molecular complexity index is 2080. The third-order valence-corrected chi connectivity index (χ3v) is 9.09. The molecule has 0 aliphatic carbocycles. The lowest BCUT2D eigenvalue weighted by molar-refractivity contribution is 1.25. The van der Waals surface area contributed by atoms with Crippen molar-refractivity contribution >= 4 is 56.6 Å². The maximum absolute atomic E-state index is 2.66. The van der Waals surface area contributed by atoms with Crippen LogP contribution >= 0.6 is 0 Å². The third kappa shape index (κ3) is 2.31. The Morgan fingerprint density at radius 3 is 1.62 bits per heavy atom. The Hall–Kier alpha value is -5.02. The smallest absolute Gasteiger partial charge is 0.333 e. The predicted molar refractivity (Wildman–Crippen MR) is 164 cm³/mol. The van der Waals surface area contributed by atoms with Gasteiger partial charge >= 0.3 is 6.85 Å². The summed E-state index contributed by atoms with van der Waals surface area (Å²) in [7, 11) is 0. The molecule has 0 amide bonds. The largest absolute Gasteiger partial charge is 0.375 e. The van der Waals surface area contributed by atoms with E-state index in [1.807, 2.05) is 0 Å². The molecule has 3 aliphatic rings. The van der Waals surface area contributed by atoms with Gasteiger partial charge in [0.05, 0.1) is 0 Å². The van der Waals surface area contributed by atoms with Crippen molar-refractivity contribution in [1.82, 2.24) is 4.48 Å². The van der Waals surface area contributed by atoms with E-state index in [2.05, 4.69) is 137 Å². The minimum atomic E-state index is 0.167. The average molecular weight is 492 g/mol. The third-order valence-electron chi connectivity index (χ3n) is 9.09. The number of hydrogen-bond donors (Lipinski definition) is 0. The minimum absolute atomic E-state index is 0.167. The molecule has 0 spiro atoms. The second-order valence-corrected chi connectivity index (χ2v) is 10.9. The van der Waals surface area contributed by atoms with E-state index in [-0.39, 0.29) is 6.85 Å². The van der Waals surface area contributed by atoms with Crippen LogP contribution in [0.15, 0.2) is 127 Å². The zero-order valence-electron chi connectivity index (χ0n) is 21.1. The van der Waals surface area contributed by atoms with Crippen molar-refractivity contribution in [2.75, 3.05) is 4.90 Å². The van der Waals surface area contributed by atoms with E-state index in [0.717, 1.165) is 0 Å². The molecule has 0 saturated heterocycles. The molecule has 0 radical (unpaired) electrons. The Labute approximate surface area is 226 Å². The van der Waals surface area contributed by atoms with Gasteiger partial charge in [-0.05, 0) is 57.4 Å². The van der Waals surface area contributed by atoms with E-state index < -0.39 is 0 Å². The van der Waals surface area contributed by atoms with Crippen molar-refractivity contribution in [1.29, 1.82) is 0 Å². The number of hydrogen-bond acceptors (Lipinski definition) is 1. The predicted octanol–water partition coefficient (Wildman–Crippen LogP) is 7.86. The SMILES string of the molecule is c1ccc(-c2cccc(N3c4cccc5c4B4c6c(cccc63)-c3cccc6c7cccc-5c7n4c36)c2)cc1. The van der Waals surface area contributed by atoms with Gasteiger partial charge in [0.25, 0.3) is 0 Å². The van der Waals surface area contributed by atoms with Crippen LogP contribution in [0.25, 0.3) is 55.2 Å². The van der Waals surface area contributed by atoms with Gasteiger partial charge in [0.15, 0.2) is 0 Å². The molecule has 0 atom stereocenters. The fourth-order valence-corrected chi connectivity index (χ4v) is 7.65. The summed E-state index contributed by atoms with van der Waals surface area (Å²) in [5.74, 6) is 0. The molecule has 6 aromatic carbocycles. The summed E-state index contributed by atoms with van der Waals surface area (Å²) in [6.45, 7) is 0.167. The number of benzene rings is 6. The molecule has 0 bridgehead atoms. The highest BCUT2D eigenvalue weighted by Gasteiger charge is 2.46. The van der Waals surface area contributed by atoms with Gasteiger partial charge in [0.1, 0.15) is 0 Å². The summed E-state index contributed by atoms with van der Waals surface area (Å²) in [5, 5.41) is 2.71. The fraction of sp³-hybridized carbons (Fsp3) is 0.